The third-order valence-corrected chi connectivity index (χ3v) is 2.13. The second kappa shape index (κ2) is 5.56. The van der Waals surface area contributed by atoms with Crippen molar-refractivity contribution >= 4 is 0 Å². The Morgan fingerprint density at radius 1 is 1.53 bits per heavy atom. The third kappa shape index (κ3) is 3.09. The summed E-state index contributed by atoms with van der Waals surface area (Å²) in [5.74, 6) is 0.470. The molecule has 1 aromatic carbocycles. The molecule has 1 rings (SSSR count). The van der Waals surface area contributed by atoms with Gasteiger partial charge in [0.05, 0.1) is 13.3 Å². The maximum absolute atomic E-state index is 12.1. The van der Waals surface area contributed by atoms with E-state index < -0.39 is 6.67 Å². The number of rotatable bonds is 5. The zero-order valence-corrected chi connectivity index (χ0v) is 8.74. The molecule has 0 aliphatic rings. The van der Waals surface area contributed by atoms with Crippen molar-refractivity contribution < 1.29 is 14.2 Å². The van der Waals surface area contributed by atoms with E-state index in [4.69, 9.17) is 10.5 Å². The molecule has 3 N–H and O–H groups in total. The van der Waals surface area contributed by atoms with E-state index in [1.54, 1.807) is 12.1 Å². The molecule has 0 radical (unpaired) electrons. The number of phenols is 1. The van der Waals surface area contributed by atoms with Crippen molar-refractivity contribution in [2.45, 2.75) is 19.4 Å². The number of ether oxygens (including phenoxy) is 1. The van der Waals surface area contributed by atoms with E-state index in [-0.39, 0.29) is 18.2 Å². The topological polar surface area (TPSA) is 55.5 Å². The van der Waals surface area contributed by atoms with Crippen LogP contribution < -0.4 is 10.5 Å². The Kier molecular flexibility index (Phi) is 4.37. The van der Waals surface area contributed by atoms with Crippen LogP contribution in [-0.4, -0.2) is 18.4 Å². The van der Waals surface area contributed by atoms with E-state index >= 15 is 0 Å². The minimum atomic E-state index is -0.452. The zero-order valence-electron chi connectivity index (χ0n) is 8.74. The second-order valence-corrected chi connectivity index (χ2v) is 3.24. The van der Waals surface area contributed by atoms with Gasteiger partial charge in [-0.1, -0.05) is 6.07 Å². The van der Waals surface area contributed by atoms with Crippen LogP contribution >= 0.6 is 0 Å². The van der Waals surface area contributed by atoms with E-state index in [2.05, 4.69) is 0 Å². The smallest absolute Gasteiger partial charge is 0.161 e. The Morgan fingerprint density at radius 3 is 2.87 bits per heavy atom. The van der Waals surface area contributed by atoms with Gasteiger partial charge in [0.15, 0.2) is 11.5 Å². The SMILES string of the molecule is CCOc1cc([C@@H](N)CCF)ccc1O. The lowest BCUT2D eigenvalue weighted by atomic mass is 10.0. The number of alkyl halides is 1. The summed E-state index contributed by atoms with van der Waals surface area (Å²) in [6.45, 7) is 1.84. The Hall–Kier alpha value is -1.29. The first-order valence-electron chi connectivity index (χ1n) is 4.96. The van der Waals surface area contributed by atoms with E-state index in [1.807, 2.05) is 6.92 Å². The van der Waals surface area contributed by atoms with Crippen LogP contribution in [0.25, 0.3) is 0 Å². The summed E-state index contributed by atoms with van der Waals surface area (Å²) in [4.78, 5) is 0. The lowest BCUT2D eigenvalue weighted by Crippen LogP contribution is -2.11. The highest BCUT2D eigenvalue weighted by Crippen LogP contribution is 2.29. The first-order valence-corrected chi connectivity index (χ1v) is 4.96. The third-order valence-electron chi connectivity index (χ3n) is 2.13. The van der Waals surface area contributed by atoms with Crippen molar-refractivity contribution in [1.29, 1.82) is 0 Å². The molecule has 0 bridgehead atoms. The van der Waals surface area contributed by atoms with Crippen LogP contribution in [0.3, 0.4) is 0 Å². The van der Waals surface area contributed by atoms with E-state index in [0.717, 1.165) is 5.56 Å². The van der Waals surface area contributed by atoms with Crippen LogP contribution in [-0.2, 0) is 0 Å². The minimum absolute atomic E-state index is 0.0769. The average Bonchev–Trinajstić information content (AvgIpc) is 2.22. The fourth-order valence-corrected chi connectivity index (χ4v) is 1.32. The van der Waals surface area contributed by atoms with Gasteiger partial charge in [0, 0.05) is 6.04 Å². The summed E-state index contributed by atoms with van der Waals surface area (Å²) < 4.78 is 17.3. The second-order valence-electron chi connectivity index (χ2n) is 3.24. The number of aromatic hydroxyl groups is 1. The van der Waals surface area contributed by atoms with Crippen molar-refractivity contribution in [3.63, 3.8) is 0 Å². The summed E-state index contributed by atoms with van der Waals surface area (Å²) in [6, 6.07) is 4.49. The molecule has 84 valence electrons. The van der Waals surface area contributed by atoms with E-state index in [9.17, 15) is 9.50 Å². The summed E-state index contributed by atoms with van der Waals surface area (Å²) in [6.07, 6.45) is 0.274. The summed E-state index contributed by atoms with van der Waals surface area (Å²) >= 11 is 0. The molecule has 0 unspecified atom stereocenters. The molecule has 0 fully saturated rings. The van der Waals surface area contributed by atoms with Crippen LogP contribution in [0.1, 0.15) is 24.9 Å². The van der Waals surface area contributed by atoms with Gasteiger partial charge < -0.3 is 15.6 Å². The van der Waals surface area contributed by atoms with E-state index in [0.29, 0.717) is 12.4 Å². The van der Waals surface area contributed by atoms with Crippen LogP contribution in [0.2, 0.25) is 0 Å². The van der Waals surface area contributed by atoms with Gasteiger partial charge >= 0.3 is 0 Å². The van der Waals surface area contributed by atoms with Crippen molar-refractivity contribution in [3.05, 3.63) is 23.8 Å². The minimum Gasteiger partial charge on any atom is -0.504 e. The van der Waals surface area contributed by atoms with Gasteiger partial charge in [-0.25, -0.2) is 0 Å². The molecule has 15 heavy (non-hydrogen) atoms. The predicted molar refractivity (Wildman–Crippen MR) is 56.8 cm³/mol. The number of nitrogens with two attached hydrogens (primary N) is 1. The molecule has 0 spiro atoms. The van der Waals surface area contributed by atoms with Crippen LogP contribution in [0, 0.1) is 0 Å². The molecule has 0 aliphatic carbocycles. The molecule has 3 nitrogen and oxygen atoms in total. The molecule has 0 aliphatic heterocycles. The maximum atomic E-state index is 12.1. The molecule has 1 atom stereocenters. The normalized spacial score (nSPS) is 12.5. The average molecular weight is 213 g/mol. The Morgan fingerprint density at radius 2 is 2.27 bits per heavy atom. The van der Waals surface area contributed by atoms with Crippen molar-refractivity contribution in [1.82, 2.24) is 0 Å². The maximum Gasteiger partial charge on any atom is 0.161 e. The summed E-state index contributed by atoms with van der Waals surface area (Å²) in [5.41, 5.74) is 6.52. The molecule has 4 heteroatoms. The highest BCUT2D eigenvalue weighted by atomic mass is 19.1. The standard InChI is InChI=1S/C11H16FNO2/c1-2-15-11-7-8(3-4-10(11)14)9(13)5-6-12/h3-4,7,9,14H,2,5-6,13H2,1H3/t9-/m0/s1. The van der Waals surface area contributed by atoms with Gasteiger partial charge in [-0.3, -0.25) is 4.39 Å². The van der Waals surface area contributed by atoms with Gasteiger partial charge in [0.2, 0.25) is 0 Å². The monoisotopic (exact) mass is 213 g/mol. The lowest BCUT2D eigenvalue weighted by Gasteiger charge is -2.12. The molecule has 1 aromatic rings. The Balaban J connectivity index is 2.86. The first kappa shape index (κ1) is 11.8. The lowest BCUT2D eigenvalue weighted by molar-refractivity contribution is 0.317. The van der Waals surface area contributed by atoms with Gasteiger partial charge in [0.1, 0.15) is 0 Å². The zero-order chi connectivity index (χ0) is 11.3. The van der Waals surface area contributed by atoms with Gasteiger partial charge in [-0.05, 0) is 31.0 Å². The number of hydrogen-bond donors (Lipinski definition) is 2. The molecule has 0 heterocycles. The molecular formula is C11H16FNO2. The number of halogens is 1. The molecule has 0 aromatic heterocycles. The van der Waals surface area contributed by atoms with Crippen LogP contribution in [0.15, 0.2) is 18.2 Å². The molecular weight excluding hydrogens is 197 g/mol. The first-order chi connectivity index (χ1) is 7.19. The summed E-state index contributed by atoms with van der Waals surface area (Å²) in [7, 11) is 0. The number of benzene rings is 1. The number of hydrogen-bond acceptors (Lipinski definition) is 3. The summed E-state index contributed by atoms with van der Waals surface area (Å²) in [5, 5.41) is 9.44. The largest absolute Gasteiger partial charge is 0.504 e. The predicted octanol–water partition coefficient (Wildman–Crippen LogP) is 2.15. The van der Waals surface area contributed by atoms with Crippen molar-refractivity contribution in [2.24, 2.45) is 5.73 Å². The highest BCUT2D eigenvalue weighted by molar-refractivity contribution is 5.42. The van der Waals surface area contributed by atoms with Crippen LogP contribution in [0.4, 0.5) is 4.39 Å². The van der Waals surface area contributed by atoms with Crippen LogP contribution in [0.5, 0.6) is 11.5 Å². The van der Waals surface area contributed by atoms with E-state index in [1.165, 1.54) is 6.07 Å². The van der Waals surface area contributed by atoms with Crippen molar-refractivity contribution in [3.8, 4) is 11.5 Å². The molecule has 0 saturated carbocycles. The Labute approximate surface area is 88.7 Å². The van der Waals surface area contributed by atoms with Gasteiger partial charge in [-0.15, -0.1) is 0 Å². The Bertz CT molecular complexity index is 317. The highest BCUT2D eigenvalue weighted by Gasteiger charge is 2.09. The molecule has 0 amide bonds. The molecule has 0 saturated heterocycles. The van der Waals surface area contributed by atoms with Gasteiger partial charge in [-0.2, -0.15) is 0 Å². The quantitative estimate of drug-likeness (QED) is 0.788. The fourth-order valence-electron chi connectivity index (χ4n) is 1.32. The van der Waals surface area contributed by atoms with Crippen molar-refractivity contribution in [2.75, 3.05) is 13.3 Å². The van der Waals surface area contributed by atoms with Gasteiger partial charge in [0.25, 0.3) is 0 Å². The number of phenolic OH excluding ortho intramolecular Hbond substituents is 1. The fraction of sp³-hybridized carbons (Fsp3) is 0.455.